The van der Waals surface area contributed by atoms with Gasteiger partial charge in [-0.25, -0.2) is 0 Å². The highest BCUT2D eigenvalue weighted by Crippen LogP contribution is 2.39. The van der Waals surface area contributed by atoms with Gasteiger partial charge in [-0.2, -0.15) is 5.26 Å². The van der Waals surface area contributed by atoms with Gasteiger partial charge in [-0.1, -0.05) is 11.6 Å². The van der Waals surface area contributed by atoms with Crippen LogP contribution in [0.15, 0.2) is 12.1 Å². The number of nitrogens with one attached hydrogen (secondary N) is 2. The van der Waals surface area contributed by atoms with Crippen molar-refractivity contribution in [1.82, 2.24) is 5.32 Å². The quantitative estimate of drug-likeness (QED) is 0.877. The van der Waals surface area contributed by atoms with Gasteiger partial charge in [0.05, 0.1) is 23.2 Å². The number of hydrogen-bond donors (Lipinski definition) is 2. The van der Waals surface area contributed by atoms with Crippen LogP contribution in [0.1, 0.15) is 31.9 Å². The van der Waals surface area contributed by atoms with E-state index in [1.165, 1.54) is 0 Å². The van der Waals surface area contributed by atoms with E-state index in [1.807, 2.05) is 12.1 Å². The standard InChI is InChI=1S/C15H19ClN4O/c1-9(2)20(6-4-5-17)13-8-12-10(7-11(13)16)14(18-3)15(21)19-12/h7-9,14,18H,4,6H2,1-3H3,(H,19,21). The molecule has 1 aliphatic rings. The van der Waals surface area contributed by atoms with Crippen LogP contribution in [0.2, 0.25) is 5.02 Å². The number of benzene rings is 1. The first-order chi connectivity index (χ1) is 9.99. The number of hydrogen-bond acceptors (Lipinski definition) is 4. The number of likely N-dealkylation sites (N-methyl/N-ethyl adjacent to an activating group) is 1. The summed E-state index contributed by atoms with van der Waals surface area (Å²) in [5.74, 6) is -0.0751. The molecule has 5 nitrogen and oxygen atoms in total. The zero-order chi connectivity index (χ0) is 15.6. The summed E-state index contributed by atoms with van der Waals surface area (Å²) in [7, 11) is 1.74. The van der Waals surface area contributed by atoms with Crippen molar-refractivity contribution in [2.24, 2.45) is 0 Å². The van der Waals surface area contributed by atoms with Crippen molar-refractivity contribution in [2.45, 2.75) is 32.4 Å². The van der Waals surface area contributed by atoms with E-state index in [4.69, 9.17) is 16.9 Å². The van der Waals surface area contributed by atoms with Crippen LogP contribution in [-0.4, -0.2) is 25.5 Å². The summed E-state index contributed by atoms with van der Waals surface area (Å²) in [4.78, 5) is 14.0. The molecule has 2 N–H and O–H groups in total. The average molecular weight is 307 g/mol. The van der Waals surface area contributed by atoms with Crippen LogP contribution >= 0.6 is 11.6 Å². The Bertz CT molecular complexity index is 594. The monoisotopic (exact) mass is 306 g/mol. The lowest BCUT2D eigenvalue weighted by atomic mass is 10.1. The number of halogens is 1. The van der Waals surface area contributed by atoms with Crippen molar-refractivity contribution < 1.29 is 4.79 Å². The highest BCUT2D eigenvalue weighted by Gasteiger charge is 2.31. The largest absolute Gasteiger partial charge is 0.367 e. The first kappa shape index (κ1) is 15.6. The minimum atomic E-state index is -0.363. The Kier molecular flexibility index (Phi) is 4.71. The highest BCUT2D eigenvalue weighted by atomic mass is 35.5. The normalized spacial score (nSPS) is 16.6. The Morgan fingerprint density at radius 3 is 2.81 bits per heavy atom. The number of carbonyl (C=O) groups excluding carboxylic acids is 1. The predicted molar refractivity (Wildman–Crippen MR) is 84.6 cm³/mol. The summed E-state index contributed by atoms with van der Waals surface area (Å²) in [6.07, 6.45) is 0.428. The number of carbonyl (C=O) groups is 1. The molecule has 1 unspecified atom stereocenters. The molecule has 1 heterocycles. The molecule has 1 amide bonds. The molecule has 6 heteroatoms. The van der Waals surface area contributed by atoms with Crippen LogP contribution < -0.4 is 15.5 Å². The molecule has 1 atom stereocenters. The fourth-order valence-electron chi connectivity index (χ4n) is 2.60. The molecule has 1 aromatic carbocycles. The number of amides is 1. The van der Waals surface area contributed by atoms with Crippen molar-refractivity contribution >= 4 is 28.9 Å². The molecular formula is C15H19ClN4O. The summed E-state index contributed by atoms with van der Waals surface area (Å²) in [6, 6.07) is 5.72. The van der Waals surface area contributed by atoms with Crippen LogP contribution in [0.5, 0.6) is 0 Å². The van der Waals surface area contributed by atoms with Gasteiger partial charge in [0.1, 0.15) is 6.04 Å². The second-order valence-electron chi connectivity index (χ2n) is 5.30. The van der Waals surface area contributed by atoms with Crippen molar-refractivity contribution in [1.29, 1.82) is 5.26 Å². The van der Waals surface area contributed by atoms with Crippen LogP contribution in [0.25, 0.3) is 0 Å². The van der Waals surface area contributed by atoms with Gasteiger partial charge in [-0.3, -0.25) is 4.79 Å². The van der Waals surface area contributed by atoms with Crippen LogP contribution in [-0.2, 0) is 4.79 Å². The molecule has 0 saturated heterocycles. The van der Waals surface area contributed by atoms with Gasteiger partial charge in [0.25, 0.3) is 0 Å². The maximum absolute atomic E-state index is 11.9. The molecule has 0 aliphatic carbocycles. The summed E-state index contributed by atoms with van der Waals surface area (Å²) in [6.45, 7) is 4.71. The molecule has 2 rings (SSSR count). The lowest BCUT2D eigenvalue weighted by Gasteiger charge is -2.29. The third-order valence-electron chi connectivity index (χ3n) is 3.64. The third-order valence-corrected chi connectivity index (χ3v) is 3.94. The van der Waals surface area contributed by atoms with E-state index in [0.29, 0.717) is 18.0 Å². The topological polar surface area (TPSA) is 68.2 Å². The zero-order valence-corrected chi connectivity index (χ0v) is 13.2. The van der Waals surface area contributed by atoms with Gasteiger partial charge in [0.15, 0.2) is 0 Å². The van der Waals surface area contributed by atoms with Gasteiger partial charge in [0, 0.05) is 23.8 Å². The molecule has 0 saturated carbocycles. The Morgan fingerprint density at radius 1 is 1.52 bits per heavy atom. The fourth-order valence-corrected chi connectivity index (χ4v) is 2.89. The van der Waals surface area contributed by atoms with Crippen molar-refractivity contribution in [3.63, 3.8) is 0 Å². The van der Waals surface area contributed by atoms with E-state index in [2.05, 4.69) is 35.5 Å². The molecule has 0 aromatic heterocycles. The molecule has 1 aromatic rings. The average Bonchev–Trinajstić information content (AvgIpc) is 2.73. The summed E-state index contributed by atoms with van der Waals surface area (Å²) < 4.78 is 0. The lowest BCUT2D eigenvalue weighted by Crippen LogP contribution is -2.31. The molecule has 0 fully saturated rings. The number of fused-ring (bicyclic) bond motifs is 1. The zero-order valence-electron chi connectivity index (χ0n) is 12.4. The summed E-state index contributed by atoms with van der Waals surface area (Å²) >= 11 is 6.40. The van der Waals surface area contributed by atoms with Crippen molar-refractivity contribution in [3.05, 3.63) is 22.7 Å². The Balaban J connectivity index is 2.41. The Morgan fingerprint density at radius 2 is 2.24 bits per heavy atom. The lowest BCUT2D eigenvalue weighted by molar-refractivity contribution is -0.117. The molecule has 0 bridgehead atoms. The summed E-state index contributed by atoms with van der Waals surface area (Å²) in [5.41, 5.74) is 2.49. The fraction of sp³-hybridized carbons (Fsp3) is 0.467. The van der Waals surface area contributed by atoms with E-state index >= 15 is 0 Å². The molecule has 0 radical (unpaired) electrons. The smallest absolute Gasteiger partial charge is 0.246 e. The first-order valence-electron chi connectivity index (χ1n) is 6.94. The summed E-state index contributed by atoms with van der Waals surface area (Å²) in [5, 5.41) is 15.2. The minimum Gasteiger partial charge on any atom is -0.367 e. The Hall–Kier alpha value is -1.77. The van der Waals surface area contributed by atoms with Crippen LogP contribution in [0.4, 0.5) is 11.4 Å². The molecular weight excluding hydrogens is 288 g/mol. The SMILES string of the molecule is CNC1C(=O)Nc2cc(N(CCC#N)C(C)C)c(Cl)cc21. The number of anilines is 2. The number of nitriles is 1. The molecule has 21 heavy (non-hydrogen) atoms. The maximum Gasteiger partial charge on any atom is 0.246 e. The van der Waals surface area contributed by atoms with E-state index < -0.39 is 0 Å². The van der Waals surface area contributed by atoms with Crippen LogP contribution in [0, 0.1) is 11.3 Å². The maximum atomic E-state index is 11.9. The van der Waals surface area contributed by atoms with E-state index in [1.54, 1.807) is 7.05 Å². The van der Waals surface area contributed by atoms with Gasteiger partial charge >= 0.3 is 0 Å². The van der Waals surface area contributed by atoms with Crippen molar-refractivity contribution in [3.8, 4) is 6.07 Å². The first-order valence-corrected chi connectivity index (χ1v) is 7.32. The molecule has 0 spiro atoms. The third kappa shape index (κ3) is 2.97. The van der Waals surface area contributed by atoms with E-state index in [0.717, 1.165) is 16.9 Å². The second-order valence-corrected chi connectivity index (χ2v) is 5.70. The van der Waals surface area contributed by atoms with E-state index in [-0.39, 0.29) is 18.0 Å². The van der Waals surface area contributed by atoms with Gasteiger partial charge in [-0.05, 0) is 33.0 Å². The molecule has 112 valence electrons. The molecule has 1 aliphatic heterocycles. The minimum absolute atomic E-state index is 0.0751. The van der Waals surface area contributed by atoms with Gasteiger partial charge in [-0.15, -0.1) is 0 Å². The van der Waals surface area contributed by atoms with Gasteiger partial charge < -0.3 is 15.5 Å². The van der Waals surface area contributed by atoms with Crippen LogP contribution in [0.3, 0.4) is 0 Å². The number of nitrogens with zero attached hydrogens (tertiary/aromatic N) is 2. The number of rotatable bonds is 5. The van der Waals surface area contributed by atoms with E-state index in [9.17, 15) is 4.79 Å². The van der Waals surface area contributed by atoms with Crippen molar-refractivity contribution in [2.75, 3.05) is 23.8 Å². The Labute approximate surface area is 129 Å². The van der Waals surface area contributed by atoms with Gasteiger partial charge in [0.2, 0.25) is 5.91 Å². The second kappa shape index (κ2) is 6.33. The predicted octanol–water partition coefficient (Wildman–Crippen LogP) is 2.68. The highest BCUT2D eigenvalue weighted by molar-refractivity contribution is 6.33.